The van der Waals surface area contributed by atoms with E-state index in [0.29, 0.717) is 0 Å². The Bertz CT molecular complexity index is 2070. The molecule has 10 nitrogen and oxygen atoms in total. The van der Waals surface area contributed by atoms with Gasteiger partial charge in [0.2, 0.25) is 0 Å². The van der Waals surface area contributed by atoms with Crippen molar-refractivity contribution in [3.63, 3.8) is 0 Å². The fourth-order valence-corrected chi connectivity index (χ4v) is 9.43. The van der Waals surface area contributed by atoms with Gasteiger partial charge in [0.05, 0.1) is 0 Å². The average molecular weight is 1090 g/mol. The Morgan fingerprint density at radius 2 is 1.02 bits per heavy atom. The molecule has 66 heavy (non-hydrogen) atoms. The number of hydrogen-bond donors (Lipinski definition) is 0. The van der Waals surface area contributed by atoms with Gasteiger partial charge in [-0.05, 0) is 124 Å². The molecule has 0 bridgehead atoms. The van der Waals surface area contributed by atoms with Crippen LogP contribution in [0.1, 0.15) is 148 Å². The Balaban J connectivity index is 0.000000473. The Kier molecular flexibility index (Phi) is 24.3. The van der Waals surface area contributed by atoms with E-state index in [0.717, 1.165) is 46.3 Å². The zero-order chi connectivity index (χ0) is 47.9. The molecule has 0 unspecified atom stereocenters. The maximum atomic E-state index is 11.6. The third-order valence-corrected chi connectivity index (χ3v) is 12.8. The zero-order valence-electron chi connectivity index (χ0n) is 39.1. The largest absolute Gasteiger partial charge is 0.610 e. The summed E-state index contributed by atoms with van der Waals surface area (Å²) in [5.41, 5.74) is 9.42. The number of allylic oxidation sites excluding steroid dienone is 17. The number of carbonyl (C=O) groups is 6. The van der Waals surface area contributed by atoms with Crippen molar-refractivity contribution < 1.29 is 47.4 Å². The van der Waals surface area contributed by atoms with E-state index in [1.165, 1.54) is 66.0 Å². The first kappa shape index (κ1) is 59.7. The SMILES string of the molecule is C.C.C/C(Br)=C\C=O.CC1=C(/C=C/C(C)=C/C=C/C(C)=C/C=O)C(C)(C)CCC1.CC1=C(/C=C/C(C)=C/[B-]23OC(=O)C[C+]2CC(=O)O3)C(C)(C)CCC1.O=C1C[C+]2CC(=O)O[B-]2(/C=C/I)O1. The lowest BCUT2D eigenvalue weighted by atomic mass is 9.48. The molecule has 0 radical (unpaired) electrons. The van der Waals surface area contributed by atoms with E-state index in [2.05, 4.69) is 88.7 Å². The normalized spacial score (nSPS) is 21.9. The summed E-state index contributed by atoms with van der Waals surface area (Å²) >= 11 is 5.07. The van der Waals surface area contributed by atoms with Crippen molar-refractivity contribution in [2.45, 2.75) is 148 Å². The van der Waals surface area contributed by atoms with Gasteiger partial charge in [0.25, 0.3) is 0 Å². The lowest BCUT2D eigenvalue weighted by Gasteiger charge is -2.33. The molecule has 0 atom stereocenters. The third-order valence-electron chi connectivity index (χ3n) is 12.1. The summed E-state index contributed by atoms with van der Waals surface area (Å²) in [7, 11) is 0. The minimum Gasteiger partial charge on any atom is -0.610 e. The second-order valence-electron chi connectivity index (χ2n) is 18.5. The van der Waals surface area contributed by atoms with E-state index in [-0.39, 0.29) is 75.2 Å². The van der Waals surface area contributed by atoms with Gasteiger partial charge in [-0.15, -0.1) is 5.98 Å². The molecule has 14 heteroatoms. The number of aldehydes is 2. The number of rotatable bonds is 10. The minimum atomic E-state index is -2.02. The van der Waals surface area contributed by atoms with Crippen LogP contribution in [0.4, 0.5) is 0 Å². The predicted octanol–water partition coefficient (Wildman–Crippen LogP) is 13.4. The molecule has 0 spiro atoms. The van der Waals surface area contributed by atoms with Crippen LogP contribution in [0.3, 0.4) is 0 Å². The molecular weight excluding hydrogens is 1010 g/mol. The summed E-state index contributed by atoms with van der Waals surface area (Å²) < 4.78 is 23.4. The molecule has 6 aliphatic rings. The summed E-state index contributed by atoms with van der Waals surface area (Å²) in [6.45, 7) is 17.6. The molecular formula is C52H72B2BrIO10. The molecule has 4 heterocycles. The van der Waals surface area contributed by atoms with Gasteiger partial charge < -0.3 is 18.6 Å². The first-order chi connectivity index (χ1) is 30.0. The van der Waals surface area contributed by atoms with Gasteiger partial charge in [-0.1, -0.05) is 156 Å². The first-order valence-electron chi connectivity index (χ1n) is 21.9. The van der Waals surface area contributed by atoms with E-state index >= 15 is 0 Å². The standard InChI is InChI=1S/C20H28O.C19H25BO4.C7H6BIO4.C4H5BrO.2CH4/c1-16(8-6-9-17(2)13-15-21)11-12-19-18(3)10-7-14-20(19,4)5;1-13(7-8-16-14(2)6-5-9-19(16,3)4)12-20-15(10-17(21)23-20)11-18(22)24-20;9-2-1-8-5(3-6(10)12-8)4-7(11)13-8;1-4(5)2-3-6;;/h6,8-9,11-13,15H,7,10,14H2,1-5H3;7-8,12H,5-6,9-11H2,1-4H3;1-2H,3-4H2;2-3H,1H3;2*1H4/b9-6+,12-11+,16-8+,17-13+;8-7+,13-12+;2-1+;4-2+;;. The first-order valence-corrected chi connectivity index (χ1v) is 23.9. The number of halogens is 2. The molecule has 0 amide bonds. The van der Waals surface area contributed by atoms with Crippen molar-refractivity contribution >= 4 is 88.1 Å². The highest BCUT2D eigenvalue weighted by atomic mass is 127. The summed E-state index contributed by atoms with van der Waals surface area (Å²) in [5.74, 6) is 3.76. The van der Waals surface area contributed by atoms with E-state index < -0.39 is 13.1 Å². The molecule has 4 saturated heterocycles. The van der Waals surface area contributed by atoms with Crippen molar-refractivity contribution in [2.24, 2.45) is 10.8 Å². The van der Waals surface area contributed by atoms with Gasteiger partial charge in [-0.3, -0.25) is 28.8 Å². The van der Waals surface area contributed by atoms with E-state index in [1.807, 2.05) is 60.6 Å². The molecule has 360 valence electrons. The number of fused-ring (bicyclic) bond motifs is 2. The second kappa shape index (κ2) is 26.9. The Hall–Kier alpha value is -4.30. The van der Waals surface area contributed by atoms with Gasteiger partial charge in [0.1, 0.15) is 38.3 Å². The summed E-state index contributed by atoms with van der Waals surface area (Å²) in [5, 5.41) is 0. The molecule has 0 saturated carbocycles. The molecule has 0 aromatic carbocycles. The van der Waals surface area contributed by atoms with Crippen LogP contribution in [0.25, 0.3) is 0 Å². The second-order valence-corrected chi connectivity index (χ2v) is 20.5. The molecule has 4 aliphatic heterocycles. The van der Waals surface area contributed by atoms with E-state index in [4.69, 9.17) is 18.6 Å². The van der Waals surface area contributed by atoms with Crippen LogP contribution in [0, 0.1) is 22.5 Å². The van der Waals surface area contributed by atoms with Gasteiger partial charge >= 0.3 is 37.0 Å². The summed E-state index contributed by atoms with van der Waals surface area (Å²) in [4.78, 5) is 65.0. The molecule has 2 aliphatic carbocycles. The monoisotopic (exact) mass is 1080 g/mol. The van der Waals surface area contributed by atoms with Crippen LogP contribution in [0.5, 0.6) is 0 Å². The fourth-order valence-electron chi connectivity index (χ4n) is 8.78. The number of hydrogen-bond acceptors (Lipinski definition) is 10. The fraction of sp³-hybridized carbons (Fsp3) is 0.462. The van der Waals surface area contributed by atoms with Crippen LogP contribution in [-0.2, 0) is 47.4 Å². The maximum absolute atomic E-state index is 11.6. The quantitative estimate of drug-likeness (QED) is 0.0519. The Morgan fingerprint density at radius 1 is 0.621 bits per heavy atom. The van der Waals surface area contributed by atoms with Crippen LogP contribution in [-0.4, -0.2) is 49.6 Å². The summed E-state index contributed by atoms with van der Waals surface area (Å²) in [6, 6.07) is 0. The summed E-state index contributed by atoms with van der Waals surface area (Å²) in [6.07, 6.45) is 27.4. The highest BCUT2D eigenvalue weighted by molar-refractivity contribution is 14.1. The third kappa shape index (κ3) is 17.4. The van der Waals surface area contributed by atoms with Crippen molar-refractivity contribution in [3.05, 3.63) is 126 Å². The van der Waals surface area contributed by atoms with Crippen molar-refractivity contribution in [1.29, 1.82) is 0 Å². The van der Waals surface area contributed by atoms with Gasteiger partial charge in [0, 0.05) is 11.6 Å². The van der Waals surface area contributed by atoms with Crippen molar-refractivity contribution in [3.8, 4) is 0 Å². The number of carbonyl (C=O) groups excluding carboxylic acids is 6. The molecule has 0 N–H and O–H groups in total. The predicted molar refractivity (Wildman–Crippen MR) is 282 cm³/mol. The highest BCUT2D eigenvalue weighted by Gasteiger charge is 2.64. The van der Waals surface area contributed by atoms with Crippen LogP contribution in [0.15, 0.2) is 114 Å². The van der Waals surface area contributed by atoms with Crippen molar-refractivity contribution in [2.75, 3.05) is 0 Å². The minimum absolute atomic E-state index is 0. The lowest BCUT2D eigenvalue weighted by Crippen LogP contribution is -2.38. The topological polar surface area (TPSA) is 139 Å². The van der Waals surface area contributed by atoms with Gasteiger partial charge in [-0.2, -0.15) is 0 Å². The molecule has 0 aromatic heterocycles. The van der Waals surface area contributed by atoms with Crippen LogP contribution >= 0.6 is 38.5 Å². The molecule has 4 fully saturated rings. The van der Waals surface area contributed by atoms with E-state index in [9.17, 15) is 28.8 Å². The Morgan fingerprint density at radius 3 is 1.39 bits per heavy atom. The smallest absolute Gasteiger partial charge is 0.582 e. The van der Waals surface area contributed by atoms with Crippen molar-refractivity contribution in [1.82, 2.24) is 0 Å². The molecule has 6 rings (SSSR count). The average Bonchev–Trinajstić information content (AvgIpc) is 3.83. The van der Waals surface area contributed by atoms with Crippen LogP contribution < -0.4 is 0 Å². The van der Waals surface area contributed by atoms with Crippen LogP contribution in [0.2, 0.25) is 0 Å². The van der Waals surface area contributed by atoms with Gasteiger partial charge in [-0.25, -0.2) is 0 Å². The van der Waals surface area contributed by atoms with Gasteiger partial charge in [0.15, 0.2) is 0 Å². The lowest BCUT2D eigenvalue weighted by molar-refractivity contribution is -0.140. The van der Waals surface area contributed by atoms with E-state index in [1.54, 1.807) is 23.1 Å². The molecule has 0 aromatic rings. The highest BCUT2D eigenvalue weighted by Crippen LogP contribution is 2.44. The maximum Gasteiger partial charge on any atom is 0.582 e. The Labute approximate surface area is 417 Å². The zero-order valence-corrected chi connectivity index (χ0v) is 42.9.